The average Bonchev–Trinajstić information content (AvgIpc) is 2.71. The minimum atomic E-state index is -0.745. The lowest BCUT2D eigenvalue weighted by Crippen LogP contribution is -2.56. The van der Waals surface area contributed by atoms with Crippen LogP contribution in [0.25, 0.3) is 0 Å². The summed E-state index contributed by atoms with van der Waals surface area (Å²) in [6.07, 6.45) is 0.221. The van der Waals surface area contributed by atoms with E-state index >= 15 is 0 Å². The fourth-order valence-electron chi connectivity index (χ4n) is 3.04. The quantitative estimate of drug-likeness (QED) is 0.761. The Bertz CT molecular complexity index is 709. The van der Waals surface area contributed by atoms with Crippen molar-refractivity contribution in [1.29, 1.82) is 5.26 Å². The van der Waals surface area contributed by atoms with Crippen molar-refractivity contribution in [1.82, 2.24) is 15.1 Å². The van der Waals surface area contributed by atoms with Gasteiger partial charge in [-0.3, -0.25) is 9.59 Å². The molecule has 1 aliphatic rings. The molecule has 0 aromatic heterocycles. The molecule has 1 aliphatic heterocycles. The Hall–Kier alpha value is -3.08. The molecule has 0 spiro atoms. The number of nitrogens with one attached hydrogen (secondary N) is 1. The van der Waals surface area contributed by atoms with E-state index in [1.165, 1.54) is 0 Å². The second-order valence-electron chi connectivity index (χ2n) is 6.49. The predicted molar refractivity (Wildman–Crippen MR) is 102 cm³/mol. The van der Waals surface area contributed by atoms with Crippen molar-refractivity contribution in [3.63, 3.8) is 0 Å². The molecule has 1 unspecified atom stereocenters. The molecule has 1 heterocycles. The molecule has 0 bridgehead atoms. The zero-order chi connectivity index (χ0) is 20.4. The number of nitrogens with zero attached hydrogens (tertiary/aromatic N) is 3. The van der Waals surface area contributed by atoms with Gasteiger partial charge in [0.2, 0.25) is 11.8 Å². The SMILES string of the molecule is CCOC(=O)N1CCN(C(=O)C(CCC#N)NC(=O)Cc2ccccc2)CC1. The number of rotatable bonds is 7. The van der Waals surface area contributed by atoms with E-state index in [0.29, 0.717) is 32.8 Å². The summed E-state index contributed by atoms with van der Waals surface area (Å²) < 4.78 is 4.98. The second-order valence-corrected chi connectivity index (χ2v) is 6.49. The summed E-state index contributed by atoms with van der Waals surface area (Å²) in [7, 11) is 0. The number of hydrogen-bond acceptors (Lipinski definition) is 5. The van der Waals surface area contributed by atoms with Crippen LogP contribution in [0, 0.1) is 11.3 Å². The Labute approximate surface area is 165 Å². The summed E-state index contributed by atoms with van der Waals surface area (Å²) in [5, 5.41) is 11.6. The number of hydrogen-bond donors (Lipinski definition) is 1. The molecule has 0 radical (unpaired) electrons. The van der Waals surface area contributed by atoms with Crippen molar-refractivity contribution in [3.05, 3.63) is 35.9 Å². The van der Waals surface area contributed by atoms with Crippen molar-refractivity contribution in [2.24, 2.45) is 0 Å². The Kier molecular flexibility index (Phi) is 8.28. The summed E-state index contributed by atoms with van der Waals surface area (Å²) in [5.41, 5.74) is 0.856. The van der Waals surface area contributed by atoms with Crippen LogP contribution in [0.3, 0.4) is 0 Å². The van der Waals surface area contributed by atoms with Gasteiger partial charge in [0, 0.05) is 32.6 Å². The van der Waals surface area contributed by atoms with Gasteiger partial charge in [0.15, 0.2) is 0 Å². The van der Waals surface area contributed by atoms with Gasteiger partial charge in [-0.2, -0.15) is 5.26 Å². The van der Waals surface area contributed by atoms with E-state index in [-0.39, 0.29) is 37.2 Å². The number of ether oxygens (including phenoxy) is 1. The van der Waals surface area contributed by atoms with E-state index in [1.54, 1.807) is 16.7 Å². The number of piperazine rings is 1. The van der Waals surface area contributed by atoms with Crippen molar-refractivity contribution < 1.29 is 19.1 Å². The zero-order valence-corrected chi connectivity index (χ0v) is 16.1. The molecule has 1 atom stereocenters. The van der Waals surface area contributed by atoms with E-state index in [0.717, 1.165) is 5.56 Å². The first-order valence-corrected chi connectivity index (χ1v) is 9.45. The Morgan fingerprint density at radius 3 is 2.39 bits per heavy atom. The van der Waals surface area contributed by atoms with Gasteiger partial charge in [-0.25, -0.2) is 4.79 Å². The smallest absolute Gasteiger partial charge is 0.409 e. The normalized spacial score (nSPS) is 14.7. The Morgan fingerprint density at radius 1 is 1.14 bits per heavy atom. The maximum absolute atomic E-state index is 12.9. The minimum absolute atomic E-state index is 0.171. The molecular weight excluding hydrogens is 360 g/mol. The average molecular weight is 386 g/mol. The molecule has 0 saturated carbocycles. The van der Waals surface area contributed by atoms with Crippen molar-refractivity contribution >= 4 is 17.9 Å². The molecule has 2 rings (SSSR count). The maximum atomic E-state index is 12.9. The molecular formula is C20H26N4O4. The molecule has 1 fully saturated rings. The molecule has 0 aliphatic carbocycles. The first kappa shape index (κ1) is 21.2. The monoisotopic (exact) mass is 386 g/mol. The van der Waals surface area contributed by atoms with Gasteiger partial charge in [-0.05, 0) is 18.9 Å². The van der Waals surface area contributed by atoms with Crippen LogP contribution in [0.2, 0.25) is 0 Å². The van der Waals surface area contributed by atoms with E-state index in [4.69, 9.17) is 10.00 Å². The summed E-state index contributed by atoms with van der Waals surface area (Å²) in [4.78, 5) is 40.2. The van der Waals surface area contributed by atoms with Crippen LogP contribution in [-0.4, -0.2) is 66.5 Å². The highest BCUT2D eigenvalue weighted by atomic mass is 16.6. The molecule has 1 aromatic rings. The zero-order valence-electron chi connectivity index (χ0n) is 16.1. The summed E-state index contributed by atoms with van der Waals surface area (Å²) in [6, 6.07) is 10.5. The van der Waals surface area contributed by atoms with Crippen LogP contribution in [0.15, 0.2) is 30.3 Å². The van der Waals surface area contributed by atoms with Crippen molar-refractivity contribution in [2.45, 2.75) is 32.2 Å². The van der Waals surface area contributed by atoms with E-state index in [2.05, 4.69) is 5.32 Å². The molecule has 3 amide bonds. The Balaban J connectivity index is 1.92. The molecule has 150 valence electrons. The lowest BCUT2D eigenvalue weighted by molar-refractivity contribution is -0.137. The summed E-state index contributed by atoms with van der Waals surface area (Å²) in [6.45, 7) is 3.56. The minimum Gasteiger partial charge on any atom is -0.450 e. The lowest BCUT2D eigenvalue weighted by atomic mass is 10.1. The maximum Gasteiger partial charge on any atom is 0.409 e. The third-order valence-corrected chi connectivity index (χ3v) is 4.50. The highest BCUT2D eigenvalue weighted by Gasteiger charge is 2.30. The first-order chi connectivity index (χ1) is 13.5. The fourth-order valence-corrected chi connectivity index (χ4v) is 3.04. The second kappa shape index (κ2) is 10.9. The number of amides is 3. The number of nitriles is 1. The Morgan fingerprint density at radius 2 is 1.79 bits per heavy atom. The van der Waals surface area contributed by atoms with Crippen LogP contribution in [0.1, 0.15) is 25.3 Å². The van der Waals surface area contributed by atoms with Gasteiger partial charge in [0.1, 0.15) is 6.04 Å². The highest BCUT2D eigenvalue weighted by molar-refractivity contribution is 5.88. The first-order valence-electron chi connectivity index (χ1n) is 9.45. The van der Waals surface area contributed by atoms with Gasteiger partial charge in [0.25, 0.3) is 0 Å². The molecule has 1 aromatic carbocycles. The molecule has 1 N–H and O–H groups in total. The van der Waals surface area contributed by atoms with Gasteiger partial charge >= 0.3 is 6.09 Å². The van der Waals surface area contributed by atoms with Gasteiger partial charge in [-0.1, -0.05) is 30.3 Å². The van der Waals surface area contributed by atoms with Gasteiger partial charge in [0.05, 0.1) is 19.1 Å². The highest BCUT2D eigenvalue weighted by Crippen LogP contribution is 2.09. The summed E-state index contributed by atoms with van der Waals surface area (Å²) in [5.74, 6) is -0.479. The van der Waals surface area contributed by atoms with E-state index in [9.17, 15) is 14.4 Å². The number of carbonyl (C=O) groups excluding carboxylic acids is 3. The van der Waals surface area contributed by atoms with Crippen molar-refractivity contribution in [2.75, 3.05) is 32.8 Å². The lowest BCUT2D eigenvalue weighted by Gasteiger charge is -2.35. The van der Waals surface area contributed by atoms with E-state index in [1.807, 2.05) is 36.4 Å². The van der Waals surface area contributed by atoms with Gasteiger partial charge in [-0.15, -0.1) is 0 Å². The largest absolute Gasteiger partial charge is 0.450 e. The molecule has 1 saturated heterocycles. The van der Waals surface area contributed by atoms with Crippen LogP contribution >= 0.6 is 0 Å². The number of benzene rings is 1. The third-order valence-electron chi connectivity index (χ3n) is 4.50. The van der Waals surface area contributed by atoms with E-state index < -0.39 is 6.04 Å². The fraction of sp³-hybridized carbons (Fsp3) is 0.500. The molecule has 8 heteroatoms. The number of carbonyl (C=O) groups is 3. The predicted octanol–water partition coefficient (Wildman–Crippen LogP) is 1.32. The topological polar surface area (TPSA) is 103 Å². The summed E-state index contributed by atoms with van der Waals surface area (Å²) >= 11 is 0. The van der Waals surface area contributed by atoms with Gasteiger partial charge < -0.3 is 19.9 Å². The molecule has 8 nitrogen and oxygen atoms in total. The van der Waals surface area contributed by atoms with Crippen LogP contribution < -0.4 is 5.32 Å². The van der Waals surface area contributed by atoms with Crippen molar-refractivity contribution in [3.8, 4) is 6.07 Å². The third kappa shape index (κ3) is 6.27. The van der Waals surface area contributed by atoms with Crippen LogP contribution in [0.4, 0.5) is 4.79 Å². The molecule has 28 heavy (non-hydrogen) atoms. The van der Waals surface area contributed by atoms with Crippen LogP contribution in [0.5, 0.6) is 0 Å². The van der Waals surface area contributed by atoms with Crippen LogP contribution in [-0.2, 0) is 20.7 Å². The standard InChI is InChI=1S/C20H26N4O4/c1-2-28-20(27)24-13-11-23(12-14-24)19(26)17(9-6-10-21)22-18(25)15-16-7-4-3-5-8-16/h3-5,7-8,17H,2,6,9,11-15H2,1H3,(H,22,25).